The number of ether oxygens (including phenoxy) is 3. The number of aliphatic hydroxyl groups excluding tert-OH is 1. The second-order valence-electron chi connectivity index (χ2n) is 6.34. The van der Waals surface area contributed by atoms with Gasteiger partial charge >= 0.3 is 0 Å². The summed E-state index contributed by atoms with van der Waals surface area (Å²) in [4.78, 5) is 24.9. The number of H-pyrrole nitrogens is 1. The molecule has 4 aromatic rings. The maximum Gasteiger partial charge on any atom is 0.287 e. The summed E-state index contributed by atoms with van der Waals surface area (Å²) in [6.45, 7) is -0.0166. The lowest BCUT2D eigenvalue weighted by atomic mass is 10.1. The van der Waals surface area contributed by atoms with Crippen LogP contribution in [0.2, 0.25) is 0 Å². The fourth-order valence-electron chi connectivity index (χ4n) is 3.37. The average Bonchev–Trinajstić information content (AvgIpc) is 3.45. The van der Waals surface area contributed by atoms with Crippen molar-refractivity contribution in [1.82, 2.24) is 23.9 Å². The van der Waals surface area contributed by atoms with Gasteiger partial charge in [-0.15, -0.1) is 0 Å². The number of fused-ring (bicyclic) bond motifs is 2. The lowest BCUT2D eigenvalue weighted by Gasteiger charge is -2.11. The molecule has 0 bridgehead atoms. The van der Waals surface area contributed by atoms with Gasteiger partial charge < -0.3 is 24.3 Å². The topological polar surface area (TPSA) is 116 Å². The molecule has 0 spiro atoms. The van der Waals surface area contributed by atoms with Gasteiger partial charge in [-0.25, -0.2) is 9.38 Å². The van der Waals surface area contributed by atoms with Gasteiger partial charge in [-0.05, 0) is 12.1 Å². The highest BCUT2D eigenvalue weighted by molar-refractivity contribution is 5.74. The number of aromatic amines is 1. The van der Waals surface area contributed by atoms with Crippen LogP contribution in [0.4, 0.5) is 0 Å². The molecule has 28 heavy (non-hydrogen) atoms. The highest BCUT2D eigenvalue weighted by Crippen LogP contribution is 2.29. The number of aliphatic hydroxyl groups is 1. The Morgan fingerprint density at radius 3 is 3.04 bits per heavy atom. The van der Waals surface area contributed by atoms with Crippen molar-refractivity contribution in [2.45, 2.75) is 12.5 Å². The Morgan fingerprint density at radius 2 is 2.25 bits per heavy atom. The van der Waals surface area contributed by atoms with Crippen LogP contribution in [0, 0.1) is 0 Å². The van der Waals surface area contributed by atoms with Crippen LogP contribution in [0.5, 0.6) is 5.75 Å². The number of methoxy groups -OCH3 is 1. The molecule has 1 saturated heterocycles. The minimum Gasteiger partial charge on any atom is -0.496 e. The average molecular weight is 383 g/mol. The van der Waals surface area contributed by atoms with Crippen LogP contribution in [-0.4, -0.2) is 55.6 Å². The Labute approximate surface area is 157 Å². The van der Waals surface area contributed by atoms with E-state index in [-0.39, 0.29) is 24.3 Å². The van der Waals surface area contributed by atoms with Crippen molar-refractivity contribution >= 4 is 16.9 Å². The van der Waals surface area contributed by atoms with E-state index in [1.54, 1.807) is 17.9 Å². The lowest BCUT2D eigenvalue weighted by molar-refractivity contribution is -0.0980. The van der Waals surface area contributed by atoms with E-state index < -0.39 is 12.5 Å². The van der Waals surface area contributed by atoms with Crippen LogP contribution in [0.3, 0.4) is 0 Å². The van der Waals surface area contributed by atoms with Gasteiger partial charge in [0.25, 0.3) is 5.56 Å². The monoisotopic (exact) mass is 383 g/mol. The second-order valence-corrected chi connectivity index (χ2v) is 6.34. The first-order chi connectivity index (χ1) is 13.7. The van der Waals surface area contributed by atoms with E-state index in [1.807, 2.05) is 24.3 Å². The zero-order valence-corrected chi connectivity index (χ0v) is 14.9. The second kappa shape index (κ2) is 6.44. The maximum absolute atomic E-state index is 12.9. The lowest BCUT2D eigenvalue weighted by Crippen LogP contribution is -2.17. The largest absolute Gasteiger partial charge is 0.496 e. The first kappa shape index (κ1) is 16.9. The number of nitrogens with zero attached hydrogens (tertiary/aromatic N) is 4. The minimum atomic E-state index is -0.699. The third-order valence-corrected chi connectivity index (χ3v) is 4.72. The number of aromatic nitrogens is 5. The fraction of sp³-hybridized carbons (Fsp3) is 0.278. The van der Waals surface area contributed by atoms with Crippen LogP contribution in [-0.2, 0) is 9.47 Å². The molecule has 10 nitrogen and oxygen atoms in total. The summed E-state index contributed by atoms with van der Waals surface area (Å²) in [7, 11) is 1.59. The van der Waals surface area contributed by atoms with Crippen LogP contribution in [0.15, 0.2) is 41.6 Å². The van der Waals surface area contributed by atoms with E-state index in [4.69, 9.17) is 14.2 Å². The van der Waals surface area contributed by atoms with E-state index >= 15 is 0 Å². The molecule has 4 heterocycles. The number of rotatable bonds is 4. The van der Waals surface area contributed by atoms with Crippen molar-refractivity contribution in [3.05, 3.63) is 47.1 Å². The molecule has 0 radical (unpaired) electrons. The van der Waals surface area contributed by atoms with Gasteiger partial charge in [-0.3, -0.25) is 9.36 Å². The Morgan fingerprint density at radius 1 is 1.39 bits per heavy atom. The highest BCUT2D eigenvalue weighted by atomic mass is 16.7. The molecular weight excluding hydrogens is 366 g/mol. The van der Waals surface area contributed by atoms with Crippen molar-refractivity contribution in [2.24, 2.45) is 0 Å². The molecule has 2 N–H and O–H groups in total. The van der Waals surface area contributed by atoms with E-state index in [9.17, 15) is 9.90 Å². The van der Waals surface area contributed by atoms with Crippen molar-refractivity contribution in [3.63, 3.8) is 0 Å². The molecule has 1 fully saturated rings. The number of para-hydroxylation sites is 1. The summed E-state index contributed by atoms with van der Waals surface area (Å²) in [6, 6.07) is 7.50. The SMILES string of the molecule is COc1ccccc1-c1cn2c(=O)c3ncn([C@H]4CO[C@@H](CO)O4)c3nc2[nH]1. The van der Waals surface area contributed by atoms with Gasteiger partial charge in [-0.2, -0.15) is 4.98 Å². The third kappa shape index (κ3) is 2.50. The predicted octanol–water partition coefficient (Wildman–Crippen LogP) is 0.912. The van der Waals surface area contributed by atoms with Crippen molar-refractivity contribution in [1.29, 1.82) is 0 Å². The Bertz CT molecular complexity index is 1230. The van der Waals surface area contributed by atoms with Gasteiger partial charge in [0.05, 0.1) is 32.3 Å². The summed E-state index contributed by atoms with van der Waals surface area (Å²) in [5.41, 5.74) is 1.81. The van der Waals surface area contributed by atoms with Gasteiger partial charge in [0, 0.05) is 11.8 Å². The van der Waals surface area contributed by atoms with E-state index in [0.717, 1.165) is 5.56 Å². The molecule has 144 valence electrons. The number of hydrogen-bond acceptors (Lipinski definition) is 7. The Hall–Kier alpha value is -3.21. The van der Waals surface area contributed by atoms with Crippen molar-refractivity contribution in [2.75, 3.05) is 20.3 Å². The summed E-state index contributed by atoms with van der Waals surface area (Å²) in [5.74, 6) is 1.05. The quantitative estimate of drug-likeness (QED) is 0.538. The smallest absolute Gasteiger partial charge is 0.287 e. The first-order valence-corrected chi connectivity index (χ1v) is 8.69. The highest BCUT2D eigenvalue weighted by Gasteiger charge is 2.29. The van der Waals surface area contributed by atoms with E-state index in [0.29, 0.717) is 22.9 Å². The van der Waals surface area contributed by atoms with Gasteiger partial charge in [-0.1, -0.05) is 12.1 Å². The maximum atomic E-state index is 12.9. The molecule has 0 unspecified atom stereocenters. The van der Waals surface area contributed by atoms with Gasteiger partial charge in [0.15, 0.2) is 23.7 Å². The van der Waals surface area contributed by atoms with Crippen LogP contribution in [0.1, 0.15) is 6.23 Å². The molecular formula is C18H17N5O5. The molecule has 0 amide bonds. The molecule has 2 atom stereocenters. The molecule has 1 aliphatic rings. The van der Waals surface area contributed by atoms with E-state index in [1.165, 1.54) is 10.7 Å². The molecule has 10 heteroatoms. The fourth-order valence-corrected chi connectivity index (χ4v) is 3.37. The molecule has 1 aliphatic heterocycles. The molecule has 0 saturated carbocycles. The zero-order chi connectivity index (χ0) is 19.3. The molecule has 5 rings (SSSR count). The summed E-state index contributed by atoms with van der Waals surface area (Å²) >= 11 is 0. The predicted molar refractivity (Wildman–Crippen MR) is 98.0 cm³/mol. The zero-order valence-electron chi connectivity index (χ0n) is 14.9. The van der Waals surface area contributed by atoms with Crippen LogP contribution in [0.25, 0.3) is 28.2 Å². The number of imidazole rings is 2. The Kier molecular flexibility index (Phi) is 3.90. The number of nitrogens with one attached hydrogen (secondary N) is 1. The third-order valence-electron chi connectivity index (χ3n) is 4.72. The van der Waals surface area contributed by atoms with Gasteiger partial charge in [0.2, 0.25) is 5.78 Å². The van der Waals surface area contributed by atoms with E-state index in [2.05, 4.69) is 15.0 Å². The number of benzene rings is 1. The normalized spacial score (nSPS) is 19.6. The number of hydrogen-bond donors (Lipinski definition) is 2. The summed E-state index contributed by atoms with van der Waals surface area (Å²) < 4.78 is 19.4. The van der Waals surface area contributed by atoms with Crippen molar-refractivity contribution in [3.8, 4) is 17.0 Å². The standard InChI is InChI=1S/C18H17N5O5/c1-26-12-5-3-2-4-10(12)11-6-22-17(25)15-16(21-18(22)20-11)23(9-19-15)13-8-27-14(7-24)28-13/h2-6,9,13-14,24H,7-8H2,1H3,(H,20,21)/t13-,14-/m1/s1. The van der Waals surface area contributed by atoms with Crippen LogP contribution < -0.4 is 10.3 Å². The molecule has 1 aromatic carbocycles. The molecule has 0 aliphatic carbocycles. The van der Waals surface area contributed by atoms with Gasteiger partial charge in [0.1, 0.15) is 5.75 Å². The summed E-state index contributed by atoms with van der Waals surface area (Å²) in [6.07, 6.45) is 1.96. The minimum absolute atomic E-state index is 0.221. The molecule has 3 aromatic heterocycles. The van der Waals surface area contributed by atoms with Crippen molar-refractivity contribution < 1.29 is 19.3 Å². The first-order valence-electron chi connectivity index (χ1n) is 8.69. The summed E-state index contributed by atoms with van der Waals surface area (Å²) in [5, 5.41) is 9.17. The van der Waals surface area contributed by atoms with Crippen LogP contribution >= 0.6 is 0 Å². The Balaban J connectivity index is 1.65.